The van der Waals surface area contributed by atoms with Crippen LogP contribution >= 0.6 is 0 Å². The monoisotopic (exact) mass is 460 g/mol. The van der Waals surface area contributed by atoms with Crippen molar-refractivity contribution < 1.29 is 17.0 Å². The highest BCUT2D eigenvalue weighted by Crippen LogP contribution is 2.38. The number of benzene rings is 2. The standard InChI is InChI=1S/C25H36O4SSi/c1-25(2,3)31(23-11-7-5-8-12-23,24-13-9-6-10-14-24)29-20-22-17-15-21(16-18-22)19-28-30(4,26)27/h5-14,21-22H,15-20H2,1-4H3. The van der Waals surface area contributed by atoms with E-state index in [-0.39, 0.29) is 5.04 Å². The SMILES string of the molecule is CC(C)(C)[Si](OCC1CCC(COS(C)(=O)=O)CC1)(c1ccccc1)c1ccccc1. The van der Waals surface area contributed by atoms with Crippen molar-refractivity contribution >= 4 is 28.8 Å². The van der Waals surface area contributed by atoms with Gasteiger partial charge in [-0.3, -0.25) is 4.18 Å². The van der Waals surface area contributed by atoms with Crippen LogP contribution in [0, 0.1) is 11.8 Å². The van der Waals surface area contributed by atoms with E-state index >= 15 is 0 Å². The van der Waals surface area contributed by atoms with Gasteiger partial charge in [0.2, 0.25) is 0 Å². The van der Waals surface area contributed by atoms with Crippen molar-refractivity contribution in [3.8, 4) is 0 Å². The van der Waals surface area contributed by atoms with Gasteiger partial charge in [0.05, 0.1) is 12.9 Å². The maximum atomic E-state index is 11.3. The van der Waals surface area contributed by atoms with Crippen molar-refractivity contribution in [2.45, 2.75) is 51.5 Å². The zero-order valence-corrected chi connectivity index (χ0v) is 21.0. The molecule has 1 aliphatic carbocycles. The predicted octanol–water partition coefficient (Wildman–Crippen LogP) is 4.35. The van der Waals surface area contributed by atoms with Crippen LogP contribution in [0.25, 0.3) is 0 Å². The third-order valence-electron chi connectivity index (χ3n) is 6.44. The predicted molar refractivity (Wildman–Crippen MR) is 130 cm³/mol. The molecule has 0 amide bonds. The van der Waals surface area contributed by atoms with Gasteiger partial charge in [-0.1, -0.05) is 81.4 Å². The van der Waals surface area contributed by atoms with Crippen LogP contribution in [0.2, 0.25) is 5.04 Å². The summed E-state index contributed by atoms with van der Waals surface area (Å²) >= 11 is 0. The second-order valence-electron chi connectivity index (χ2n) is 9.85. The largest absolute Gasteiger partial charge is 0.407 e. The van der Waals surface area contributed by atoms with Crippen molar-refractivity contribution in [2.75, 3.05) is 19.5 Å². The molecule has 1 aliphatic rings. The molecule has 0 heterocycles. The van der Waals surface area contributed by atoms with Crippen LogP contribution in [0.15, 0.2) is 60.7 Å². The summed E-state index contributed by atoms with van der Waals surface area (Å²) in [6, 6.07) is 21.5. The molecular weight excluding hydrogens is 424 g/mol. The molecule has 0 N–H and O–H groups in total. The van der Waals surface area contributed by atoms with E-state index in [0.717, 1.165) is 38.5 Å². The van der Waals surface area contributed by atoms with Gasteiger partial charge in [0, 0.05) is 6.61 Å². The Labute approximate surface area is 189 Å². The van der Waals surface area contributed by atoms with Crippen LogP contribution in [-0.4, -0.2) is 36.2 Å². The van der Waals surface area contributed by atoms with E-state index in [9.17, 15) is 8.42 Å². The fourth-order valence-corrected chi connectivity index (χ4v) is 9.87. The van der Waals surface area contributed by atoms with E-state index in [1.165, 1.54) is 10.4 Å². The smallest absolute Gasteiger partial charge is 0.264 e. The minimum atomic E-state index is -3.36. The molecule has 0 aromatic heterocycles. The van der Waals surface area contributed by atoms with Gasteiger partial charge in [0.15, 0.2) is 0 Å². The third-order valence-corrected chi connectivity index (χ3v) is 12.0. The maximum absolute atomic E-state index is 11.3. The first-order valence-electron chi connectivity index (χ1n) is 11.2. The number of hydrogen-bond acceptors (Lipinski definition) is 4. The fraction of sp³-hybridized carbons (Fsp3) is 0.520. The molecule has 0 bridgehead atoms. The van der Waals surface area contributed by atoms with E-state index in [0.29, 0.717) is 18.4 Å². The highest BCUT2D eigenvalue weighted by Gasteiger charge is 2.50. The highest BCUT2D eigenvalue weighted by atomic mass is 32.2. The van der Waals surface area contributed by atoms with Crippen molar-refractivity contribution in [3.05, 3.63) is 60.7 Å². The molecule has 3 rings (SSSR count). The summed E-state index contributed by atoms with van der Waals surface area (Å²) in [4.78, 5) is 0. The Kier molecular flexibility index (Phi) is 7.79. The van der Waals surface area contributed by atoms with E-state index in [4.69, 9.17) is 8.61 Å². The number of hydrogen-bond donors (Lipinski definition) is 0. The van der Waals surface area contributed by atoms with Crippen LogP contribution in [0.3, 0.4) is 0 Å². The lowest BCUT2D eigenvalue weighted by Gasteiger charge is -2.44. The van der Waals surface area contributed by atoms with Gasteiger partial charge in [0.1, 0.15) is 0 Å². The third kappa shape index (κ3) is 6.07. The van der Waals surface area contributed by atoms with E-state index < -0.39 is 18.4 Å². The average Bonchev–Trinajstić information content (AvgIpc) is 2.73. The summed E-state index contributed by atoms with van der Waals surface area (Å²) in [7, 11) is -5.86. The molecule has 0 unspecified atom stereocenters. The van der Waals surface area contributed by atoms with Crippen molar-refractivity contribution in [3.63, 3.8) is 0 Å². The van der Waals surface area contributed by atoms with Gasteiger partial charge in [-0.2, -0.15) is 8.42 Å². The van der Waals surface area contributed by atoms with Gasteiger partial charge >= 0.3 is 0 Å². The molecule has 31 heavy (non-hydrogen) atoms. The minimum Gasteiger partial charge on any atom is -0.407 e. The highest BCUT2D eigenvalue weighted by molar-refractivity contribution is 7.85. The quantitative estimate of drug-likeness (QED) is 0.434. The molecule has 2 aromatic rings. The van der Waals surface area contributed by atoms with Crippen molar-refractivity contribution in [2.24, 2.45) is 11.8 Å². The minimum absolute atomic E-state index is 0.0176. The molecule has 4 nitrogen and oxygen atoms in total. The normalized spacial score (nSPS) is 20.5. The summed E-state index contributed by atoms with van der Waals surface area (Å²) in [6.45, 7) is 7.96. The van der Waals surface area contributed by atoms with Crippen LogP contribution < -0.4 is 10.4 Å². The first-order chi connectivity index (χ1) is 14.6. The molecule has 2 aromatic carbocycles. The topological polar surface area (TPSA) is 52.6 Å². The van der Waals surface area contributed by atoms with Gasteiger partial charge in [-0.15, -0.1) is 0 Å². The Bertz CT molecular complexity index is 875. The summed E-state index contributed by atoms with van der Waals surface area (Å²) < 4.78 is 34.6. The second-order valence-corrected chi connectivity index (χ2v) is 15.8. The van der Waals surface area contributed by atoms with Crippen molar-refractivity contribution in [1.82, 2.24) is 0 Å². The molecule has 0 spiro atoms. The molecule has 0 atom stereocenters. The first-order valence-corrected chi connectivity index (χ1v) is 14.9. The van der Waals surface area contributed by atoms with Gasteiger partial charge in [0.25, 0.3) is 18.4 Å². The zero-order chi connectivity index (χ0) is 22.5. The molecule has 6 heteroatoms. The molecule has 170 valence electrons. The lowest BCUT2D eigenvalue weighted by atomic mass is 9.83. The summed E-state index contributed by atoms with van der Waals surface area (Å²) in [5.74, 6) is 0.815. The lowest BCUT2D eigenvalue weighted by Crippen LogP contribution is -2.66. The Morgan fingerprint density at radius 2 is 1.23 bits per heavy atom. The fourth-order valence-electron chi connectivity index (χ4n) is 4.79. The Morgan fingerprint density at radius 3 is 1.61 bits per heavy atom. The van der Waals surface area contributed by atoms with Gasteiger partial charge in [-0.25, -0.2) is 0 Å². The molecule has 1 fully saturated rings. The summed E-state index contributed by atoms with van der Waals surface area (Å²) in [6.07, 6.45) is 5.21. The summed E-state index contributed by atoms with van der Waals surface area (Å²) in [5, 5.41) is 2.60. The summed E-state index contributed by atoms with van der Waals surface area (Å²) in [5.41, 5.74) is 0. The second kappa shape index (κ2) is 9.99. The lowest BCUT2D eigenvalue weighted by molar-refractivity contribution is 0.146. The Balaban J connectivity index is 1.77. The van der Waals surface area contributed by atoms with Crippen LogP contribution in [0.5, 0.6) is 0 Å². The zero-order valence-electron chi connectivity index (χ0n) is 19.2. The molecule has 0 aliphatic heterocycles. The van der Waals surface area contributed by atoms with Crippen LogP contribution in [-0.2, 0) is 18.7 Å². The first kappa shape index (κ1) is 24.2. The van der Waals surface area contributed by atoms with Gasteiger partial charge < -0.3 is 4.43 Å². The van der Waals surface area contributed by atoms with Crippen LogP contribution in [0.4, 0.5) is 0 Å². The number of rotatable bonds is 8. The maximum Gasteiger partial charge on any atom is 0.264 e. The Morgan fingerprint density at radius 1 is 0.806 bits per heavy atom. The van der Waals surface area contributed by atoms with E-state index in [1.54, 1.807) is 0 Å². The molecular formula is C25H36O4SSi. The Hall–Kier alpha value is -1.47. The molecule has 0 saturated heterocycles. The van der Waals surface area contributed by atoms with Crippen molar-refractivity contribution in [1.29, 1.82) is 0 Å². The molecule has 0 radical (unpaired) electrons. The average molecular weight is 461 g/mol. The van der Waals surface area contributed by atoms with Crippen LogP contribution in [0.1, 0.15) is 46.5 Å². The van der Waals surface area contributed by atoms with Gasteiger partial charge in [-0.05, 0) is 52.9 Å². The van der Waals surface area contributed by atoms with E-state index in [1.807, 2.05) is 0 Å². The molecule has 1 saturated carbocycles. The van der Waals surface area contributed by atoms with E-state index in [2.05, 4.69) is 81.4 Å².